The van der Waals surface area contributed by atoms with Gasteiger partial charge in [0.1, 0.15) is 24.0 Å². The maximum Gasteiger partial charge on any atom is 0.328 e. The molecule has 1 aliphatic heterocycles. The standard InChI is InChI=1S/C44H69NO9/c1-8-10-12-16-19-26-43(53-31-32-54-43)27-20-17-14-13-15-18-21-37(44(49,28-30-50-6)39(46)34-42(3,4)5)40(47)45-38(41(48)51-7)33-35-22-24-36(25-23-35)52-29-11-9-2/h18,21-25,37-38,49H,8,10,12-17,19-20,26-34H2,1-7H3,(H,45,47)/b21-18+/t37-,38+,44+/m1/s1. The van der Waals surface area contributed by atoms with Crippen LogP contribution in [0.1, 0.15) is 130 Å². The van der Waals surface area contributed by atoms with Crippen molar-refractivity contribution in [2.24, 2.45) is 11.3 Å². The fourth-order valence-electron chi connectivity index (χ4n) is 6.72. The molecule has 1 fully saturated rings. The number of ketones is 1. The predicted molar refractivity (Wildman–Crippen MR) is 212 cm³/mol. The van der Waals surface area contributed by atoms with Crippen molar-refractivity contribution in [3.8, 4) is 17.6 Å². The van der Waals surface area contributed by atoms with E-state index in [1.807, 2.05) is 26.8 Å². The molecule has 0 aliphatic carbocycles. The molecule has 1 aromatic rings. The Labute approximate surface area is 325 Å². The molecule has 0 saturated carbocycles. The summed E-state index contributed by atoms with van der Waals surface area (Å²) >= 11 is 0. The van der Waals surface area contributed by atoms with Gasteiger partial charge in [0.2, 0.25) is 5.91 Å². The van der Waals surface area contributed by atoms with E-state index in [0.717, 1.165) is 50.5 Å². The number of methoxy groups -OCH3 is 2. The van der Waals surface area contributed by atoms with Crippen molar-refractivity contribution >= 4 is 17.7 Å². The molecule has 304 valence electrons. The fraction of sp³-hybridized carbons (Fsp3) is 0.705. The van der Waals surface area contributed by atoms with E-state index in [2.05, 4.69) is 24.1 Å². The number of aliphatic hydroxyl groups is 1. The van der Waals surface area contributed by atoms with Crippen molar-refractivity contribution in [1.82, 2.24) is 5.32 Å². The molecule has 0 radical (unpaired) electrons. The topological polar surface area (TPSA) is 130 Å². The monoisotopic (exact) mass is 755 g/mol. The van der Waals surface area contributed by atoms with Gasteiger partial charge in [0, 0.05) is 45.8 Å². The largest absolute Gasteiger partial charge is 0.481 e. The van der Waals surface area contributed by atoms with Crippen molar-refractivity contribution in [3.05, 3.63) is 42.0 Å². The molecule has 1 saturated heterocycles. The lowest BCUT2D eigenvalue weighted by Crippen LogP contribution is -2.55. The molecule has 1 aromatic carbocycles. The number of hydrogen-bond acceptors (Lipinski definition) is 9. The highest BCUT2D eigenvalue weighted by molar-refractivity contribution is 5.96. The molecule has 0 aromatic heterocycles. The van der Waals surface area contributed by atoms with Gasteiger partial charge in [-0.3, -0.25) is 9.59 Å². The normalized spacial score (nSPS) is 16.2. The molecule has 0 spiro atoms. The Morgan fingerprint density at radius 3 is 2.17 bits per heavy atom. The number of Topliss-reactive ketones (excluding diaryl/α,β-unsaturated/α-hetero) is 1. The first-order chi connectivity index (χ1) is 25.8. The minimum absolute atomic E-state index is 0.0528. The Bertz CT molecular complexity index is 1330. The first-order valence-electron chi connectivity index (χ1n) is 20.0. The van der Waals surface area contributed by atoms with Crippen LogP contribution in [0.4, 0.5) is 0 Å². The number of nitrogens with one attached hydrogen (secondary N) is 1. The molecular formula is C44H69NO9. The number of unbranched alkanes of at least 4 members (excludes halogenated alkanes) is 8. The summed E-state index contributed by atoms with van der Waals surface area (Å²) in [6, 6.07) is 6.09. The average Bonchev–Trinajstić information content (AvgIpc) is 3.61. The van der Waals surface area contributed by atoms with Gasteiger partial charge < -0.3 is 34.1 Å². The lowest BCUT2D eigenvalue weighted by molar-refractivity contribution is -0.168. The molecule has 1 aliphatic rings. The van der Waals surface area contributed by atoms with Crippen LogP contribution >= 0.6 is 0 Å². The minimum atomic E-state index is -2.06. The third kappa shape index (κ3) is 17.1. The van der Waals surface area contributed by atoms with Gasteiger partial charge in [-0.2, -0.15) is 0 Å². The van der Waals surface area contributed by atoms with E-state index in [4.69, 9.17) is 23.7 Å². The zero-order valence-corrected chi connectivity index (χ0v) is 34.3. The van der Waals surface area contributed by atoms with Crippen molar-refractivity contribution in [3.63, 3.8) is 0 Å². The van der Waals surface area contributed by atoms with Gasteiger partial charge >= 0.3 is 5.97 Å². The van der Waals surface area contributed by atoms with Gasteiger partial charge in [-0.15, -0.1) is 5.92 Å². The molecule has 1 amide bonds. The third-order valence-electron chi connectivity index (χ3n) is 9.79. The molecule has 0 unspecified atom stereocenters. The summed E-state index contributed by atoms with van der Waals surface area (Å²) in [6.45, 7) is 11.3. The number of amides is 1. The summed E-state index contributed by atoms with van der Waals surface area (Å²) in [5, 5.41) is 14.9. The van der Waals surface area contributed by atoms with Gasteiger partial charge in [-0.1, -0.05) is 96.4 Å². The number of esters is 1. The van der Waals surface area contributed by atoms with Crippen LogP contribution in [-0.4, -0.2) is 80.8 Å². The van der Waals surface area contributed by atoms with Crippen molar-refractivity contribution in [1.29, 1.82) is 0 Å². The molecule has 1 heterocycles. The Balaban J connectivity index is 2.16. The number of benzene rings is 1. The molecule has 10 nitrogen and oxygen atoms in total. The summed E-state index contributed by atoms with van der Waals surface area (Å²) in [4.78, 5) is 41.0. The number of hydrogen-bond donors (Lipinski definition) is 2. The average molecular weight is 756 g/mol. The van der Waals surface area contributed by atoms with E-state index in [1.54, 1.807) is 37.3 Å². The number of allylic oxidation sites excluding steroid dienone is 1. The Hall–Kier alpha value is -3.23. The molecule has 10 heteroatoms. The number of ether oxygens (including phenoxy) is 5. The second-order valence-electron chi connectivity index (χ2n) is 15.6. The zero-order valence-electron chi connectivity index (χ0n) is 34.3. The minimum Gasteiger partial charge on any atom is -0.481 e. The maximum absolute atomic E-state index is 14.2. The van der Waals surface area contributed by atoms with Crippen molar-refractivity contribution < 1.29 is 43.2 Å². The van der Waals surface area contributed by atoms with E-state index in [1.165, 1.54) is 39.9 Å². The molecule has 2 N–H and O–H groups in total. The first kappa shape index (κ1) is 46.9. The quantitative estimate of drug-likeness (QED) is 0.0402. The first-order valence-corrected chi connectivity index (χ1v) is 20.0. The summed E-state index contributed by atoms with van der Waals surface area (Å²) in [7, 11) is 2.75. The third-order valence-corrected chi connectivity index (χ3v) is 9.79. The van der Waals surface area contributed by atoms with Crippen molar-refractivity contribution in [2.45, 2.75) is 148 Å². The van der Waals surface area contributed by atoms with Crippen molar-refractivity contribution in [2.75, 3.05) is 40.6 Å². The van der Waals surface area contributed by atoms with Crippen LogP contribution in [0.25, 0.3) is 0 Å². The molecule has 3 atom stereocenters. The summed E-state index contributed by atoms with van der Waals surface area (Å²) in [5.41, 5.74) is -1.73. The lowest BCUT2D eigenvalue weighted by atomic mass is 9.75. The summed E-state index contributed by atoms with van der Waals surface area (Å²) in [6.07, 6.45) is 16.0. The molecular weight excluding hydrogens is 686 g/mol. The fourth-order valence-corrected chi connectivity index (χ4v) is 6.72. The highest BCUT2D eigenvalue weighted by Crippen LogP contribution is 2.33. The molecule has 54 heavy (non-hydrogen) atoms. The zero-order chi connectivity index (χ0) is 39.9. The van der Waals surface area contributed by atoms with Gasteiger partial charge in [0.25, 0.3) is 0 Å². The van der Waals surface area contributed by atoms with Crippen LogP contribution in [0, 0.1) is 23.2 Å². The van der Waals surface area contributed by atoms with E-state index in [-0.39, 0.29) is 32.5 Å². The van der Waals surface area contributed by atoms with E-state index < -0.39 is 46.4 Å². The summed E-state index contributed by atoms with van der Waals surface area (Å²) < 4.78 is 28.1. The van der Waals surface area contributed by atoms with Crippen LogP contribution < -0.4 is 10.1 Å². The predicted octanol–water partition coefficient (Wildman–Crippen LogP) is 7.68. The Kier molecular flexibility index (Phi) is 21.8. The summed E-state index contributed by atoms with van der Waals surface area (Å²) in [5.74, 6) is 2.81. The van der Waals surface area contributed by atoms with E-state index in [9.17, 15) is 19.5 Å². The smallest absolute Gasteiger partial charge is 0.328 e. The van der Waals surface area contributed by atoms with E-state index in [0.29, 0.717) is 25.4 Å². The van der Waals surface area contributed by atoms with E-state index >= 15 is 0 Å². The van der Waals surface area contributed by atoms with Crippen LogP contribution in [0.15, 0.2) is 36.4 Å². The second-order valence-corrected chi connectivity index (χ2v) is 15.6. The van der Waals surface area contributed by atoms with Crippen LogP contribution in [-0.2, 0) is 39.8 Å². The number of carbonyl (C=O) groups excluding carboxylic acids is 3. The van der Waals surface area contributed by atoms with Gasteiger partial charge in [0.15, 0.2) is 11.6 Å². The Morgan fingerprint density at radius 2 is 1.59 bits per heavy atom. The number of rotatable bonds is 27. The van der Waals surface area contributed by atoms with Crippen LogP contribution in [0.3, 0.4) is 0 Å². The number of carbonyl (C=O) groups is 3. The van der Waals surface area contributed by atoms with Crippen LogP contribution in [0.5, 0.6) is 5.75 Å². The van der Waals surface area contributed by atoms with Gasteiger partial charge in [-0.25, -0.2) is 4.79 Å². The maximum atomic E-state index is 14.2. The lowest BCUT2D eigenvalue weighted by Gasteiger charge is -2.35. The second kappa shape index (κ2) is 25.0. The SMILES string of the molecule is CC#CCOc1ccc(C[C@H](NC(=O)[C@@H](/C=C/CCCCCCC2(CCCCCCC)OCCO2)[C@@](O)(CCOC)C(=O)CC(C)(C)C)C(=O)OC)cc1. The highest BCUT2D eigenvalue weighted by Gasteiger charge is 2.47. The Morgan fingerprint density at radius 1 is 0.963 bits per heavy atom. The highest BCUT2D eigenvalue weighted by atomic mass is 16.7. The van der Waals surface area contributed by atoms with Gasteiger partial charge in [-0.05, 0) is 55.7 Å². The molecule has 0 bridgehead atoms. The molecule has 2 rings (SSSR count). The van der Waals surface area contributed by atoms with Crippen LogP contribution in [0.2, 0.25) is 0 Å². The van der Waals surface area contributed by atoms with Gasteiger partial charge in [0.05, 0.1) is 26.2 Å².